The van der Waals surface area contributed by atoms with Crippen molar-refractivity contribution in [3.8, 4) is 0 Å². The number of carbonyl (C=O) groups excluding carboxylic acids is 1. The molecule has 6 nitrogen and oxygen atoms in total. The molecule has 3 rings (SSSR count). The maximum Gasteiger partial charge on any atom is 0.271 e. The third-order valence-corrected chi connectivity index (χ3v) is 6.05. The summed E-state index contributed by atoms with van der Waals surface area (Å²) in [4.78, 5) is 15.9. The van der Waals surface area contributed by atoms with Crippen molar-refractivity contribution in [2.24, 2.45) is 0 Å². The monoisotopic (exact) mass is 373 g/mol. The van der Waals surface area contributed by atoms with E-state index in [1.807, 2.05) is 0 Å². The van der Waals surface area contributed by atoms with E-state index in [-0.39, 0.29) is 16.5 Å². The van der Waals surface area contributed by atoms with Gasteiger partial charge in [-0.25, -0.2) is 8.42 Å². The molecule has 0 fully saturated rings. The van der Waals surface area contributed by atoms with Gasteiger partial charge in [0.05, 0.1) is 18.3 Å². The normalized spacial score (nSPS) is 11.0. The van der Waals surface area contributed by atoms with Crippen LogP contribution in [-0.4, -0.2) is 19.3 Å². The number of thiophene rings is 1. The molecular weight excluding hydrogens is 358 g/mol. The summed E-state index contributed by atoms with van der Waals surface area (Å²) in [5.74, 6) is -0.167. The predicted molar refractivity (Wildman–Crippen MR) is 98.1 cm³/mol. The number of amides is 1. The summed E-state index contributed by atoms with van der Waals surface area (Å²) >= 11 is 1.15. The first-order valence-electron chi connectivity index (χ1n) is 7.38. The van der Waals surface area contributed by atoms with E-state index < -0.39 is 10.0 Å². The Balaban J connectivity index is 1.61. The fourth-order valence-electron chi connectivity index (χ4n) is 2.14. The van der Waals surface area contributed by atoms with Gasteiger partial charge < -0.3 is 5.32 Å². The molecule has 0 aliphatic rings. The molecule has 0 bridgehead atoms. The van der Waals surface area contributed by atoms with Crippen LogP contribution in [0.1, 0.15) is 5.56 Å². The molecule has 2 N–H and O–H groups in total. The lowest BCUT2D eigenvalue weighted by Crippen LogP contribution is -2.14. The summed E-state index contributed by atoms with van der Waals surface area (Å²) in [5.41, 5.74) is 1.86. The zero-order valence-electron chi connectivity index (χ0n) is 13.0. The molecule has 128 valence electrons. The number of benzene rings is 1. The Kier molecular flexibility index (Phi) is 5.11. The van der Waals surface area contributed by atoms with Crippen LogP contribution in [-0.2, 0) is 21.2 Å². The molecule has 0 spiro atoms. The minimum Gasteiger partial charge on any atom is -0.324 e. The van der Waals surface area contributed by atoms with Crippen LogP contribution in [0.15, 0.2) is 70.5 Å². The molecule has 8 heteroatoms. The number of carbonyl (C=O) groups is 1. The van der Waals surface area contributed by atoms with Crippen molar-refractivity contribution in [3.63, 3.8) is 0 Å². The predicted octanol–water partition coefficient (Wildman–Crippen LogP) is 3.13. The van der Waals surface area contributed by atoms with E-state index >= 15 is 0 Å². The van der Waals surface area contributed by atoms with Crippen molar-refractivity contribution < 1.29 is 13.2 Å². The first kappa shape index (κ1) is 17.1. The molecule has 0 saturated heterocycles. The van der Waals surface area contributed by atoms with Gasteiger partial charge in [0, 0.05) is 11.9 Å². The molecule has 1 amide bonds. The average molecular weight is 373 g/mol. The molecule has 3 aromatic rings. The highest BCUT2D eigenvalue weighted by Crippen LogP contribution is 2.20. The molecule has 0 unspecified atom stereocenters. The van der Waals surface area contributed by atoms with Crippen molar-refractivity contribution >= 4 is 38.6 Å². The van der Waals surface area contributed by atoms with Crippen molar-refractivity contribution in [1.82, 2.24) is 4.98 Å². The minimum absolute atomic E-state index is 0.167. The van der Waals surface area contributed by atoms with Crippen molar-refractivity contribution in [3.05, 3.63) is 71.9 Å². The Morgan fingerprint density at radius 1 is 1.04 bits per heavy atom. The van der Waals surface area contributed by atoms with Gasteiger partial charge in [0.2, 0.25) is 5.91 Å². The number of anilines is 2. The molecule has 0 aliphatic carbocycles. The number of rotatable bonds is 6. The second kappa shape index (κ2) is 7.45. The summed E-state index contributed by atoms with van der Waals surface area (Å²) in [6.45, 7) is 0. The van der Waals surface area contributed by atoms with Gasteiger partial charge >= 0.3 is 0 Å². The van der Waals surface area contributed by atoms with E-state index in [9.17, 15) is 13.2 Å². The van der Waals surface area contributed by atoms with Crippen LogP contribution >= 0.6 is 11.3 Å². The van der Waals surface area contributed by atoms with Gasteiger partial charge in [0.1, 0.15) is 4.21 Å². The Labute approximate surface area is 149 Å². The average Bonchev–Trinajstić information content (AvgIpc) is 3.13. The molecule has 2 aromatic heterocycles. The summed E-state index contributed by atoms with van der Waals surface area (Å²) in [7, 11) is -3.56. The van der Waals surface area contributed by atoms with Crippen molar-refractivity contribution in [2.45, 2.75) is 10.6 Å². The standard InChI is InChI=1S/C17H15N3O3S2/c21-16(19-15-3-1-9-18-12-15)11-13-5-7-14(8-6-13)20-25(22,23)17-4-2-10-24-17/h1-10,12,20H,11H2,(H,19,21). The minimum atomic E-state index is -3.56. The second-order valence-corrected chi connectivity index (χ2v) is 8.06. The van der Waals surface area contributed by atoms with Crippen LogP contribution in [0.25, 0.3) is 0 Å². The van der Waals surface area contributed by atoms with E-state index in [2.05, 4.69) is 15.0 Å². The molecular formula is C17H15N3O3S2. The van der Waals surface area contributed by atoms with E-state index in [1.54, 1.807) is 66.3 Å². The van der Waals surface area contributed by atoms with Gasteiger partial charge in [-0.15, -0.1) is 11.3 Å². The number of aromatic nitrogens is 1. The van der Waals surface area contributed by atoms with E-state index in [0.29, 0.717) is 11.4 Å². The van der Waals surface area contributed by atoms with Crippen LogP contribution in [0.2, 0.25) is 0 Å². The lowest BCUT2D eigenvalue weighted by Gasteiger charge is -2.08. The number of nitrogens with zero attached hydrogens (tertiary/aromatic N) is 1. The smallest absolute Gasteiger partial charge is 0.271 e. The van der Waals surface area contributed by atoms with Gasteiger partial charge in [0.15, 0.2) is 0 Å². The largest absolute Gasteiger partial charge is 0.324 e. The highest BCUT2D eigenvalue weighted by molar-refractivity contribution is 7.94. The number of pyridine rings is 1. The lowest BCUT2D eigenvalue weighted by atomic mass is 10.1. The third kappa shape index (κ3) is 4.65. The summed E-state index contributed by atoms with van der Waals surface area (Å²) in [6.07, 6.45) is 3.39. The third-order valence-electron chi connectivity index (χ3n) is 3.28. The van der Waals surface area contributed by atoms with Crippen LogP contribution in [0.4, 0.5) is 11.4 Å². The Morgan fingerprint density at radius 3 is 2.48 bits per heavy atom. The highest BCUT2D eigenvalue weighted by atomic mass is 32.2. The van der Waals surface area contributed by atoms with Crippen LogP contribution in [0, 0.1) is 0 Å². The SMILES string of the molecule is O=C(Cc1ccc(NS(=O)(=O)c2cccs2)cc1)Nc1cccnc1. The molecule has 0 atom stereocenters. The highest BCUT2D eigenvalue weighted by Gasteiger charge is 2.15. The van der Waals surface area contributed by atoms with E-state index in [1.165, 1.54) is 0 Å². The Morgan fingerprint density at radius 2 is 1.84 bits per heavy atom. The molecule has 0 saturated carbocycles. The quantitative estimate of drug-likeness (QED) is 0.695. The maximum absolute atomic E-state index is 12.2. The molecule has 2 heterocycles. The first-order chi connectivity index (χ1) is 12.0. The fraction of sp³-hybridized carbons (Fsp3) is 0.0588. The van der Waals surface area contributed by atoms with Crippen LogP contribution in [0.5, 0.6) is 0 Å². The molecule has 1 aromatic carbocycles. The van der Waals surface area contributed by atoms with Gasteiger partial charge in [0.25, 0.3) is 10.0 Å². The molecule has 25 heavy (non-hydrogen) atoms. The Bertz CT molecular complexity index is 939. The summed E-state index contributed by atoms with van der Waals surface area (Å²) < 4.78 is 27.1. The van der Waals surface area contributed by atoms with Crippen molar-refractivity contribution in [2.75, 3.05) is 10.0 Å². The Hall–Kier alpha value is -2.71. The maximum atomic E-state index is 12.2. The zero-order chi connectivity index (χ0) is 17.7. The van der Waals surface area contributed by atoms with Crippen LogP contribution < -0.4 is 10.0 Å². The number of hydrogen-bond donors (Lipinski definition) is 2. The van der Waals surface area contributed by atoms with Crippen molar-refractivity contribution in [1.29, 1.82) is 0 Å². The number of hydrogen-bond acceptors (Lipinski definition) is 5. The zero-order valence-corrected chi connectivity index (χ0v) is 14.7. The van der Waals surface area contributed by atoms with Gasteiger partial charge in [-0.3, -0.25) is 14.5 Å². The number of sulfonamides is 1. The lowest BCUT2D eigenvalue weighted by molar-refractivity contribution is -0.115. The van der Waals surface area contributed by atoms with Crippen LogP contribution in [0.3, 0.4) is 0 Å². The topological polar surface area (TPSA) is 88.2 Å². The number of nitrogens with one attached hydrogen (secondary N) is 2. The van der Waals surface area contributed by atoms with E-state index in [0.717, 1.165) is 16.9 Å². The first-order valence-corrected chi connectivity index (χ1v) is 9.74. The van der Waals surface area contributed by atoms with Gasteiger partial charge in [-0.05, 0) is 41.3 Å². The fourth-order valence-corrected chi connectivity index (χ4v) is 4.19. The second-order valence-electron chi connectivity index (χ2n) is 5.20. The van der Waals surface area contributed by atoms with Gasteiger partial charge in [-0.2, -0.15) is 0 Å². The molecule has 0 aliphatic heterocycles. The molecule has 0 radical (unpaired) electrons. The van der Waals surface area contributed by atoms with Gasteiger partial charge in [-0.1, -0.05) is 18.2 Å². The summed E-state index contributed by atoms with van der Waals surface area (Å²) in [6, 6.07) is 13.4. The van der Waals surface area contributed by atoms with E-state index in [4.69, 9.17) is 0 Å². The summed E-state index contributed by atoms with van der Waals surface area (Å²) in [5, 5.41) is 4.46.